The van der Waals surface area contributed by atoms with Crippen molar-refractivity contribution < 1.29 is 9.84 Å². The number of anilines is 2. The number of nitrogens with zero attached hydrogens (tertiary/aromatic N) is 4. The molecule has 6 rings (SSSR count). The third-order valence-corrected chi connectivity index (χ3v) is 7.76. The number of piperazine rings is 1. The van der Waals surface area contributed by atoms with Crippen LogP contribution in [0.2, 0.25) is 5.02 Å². The number of rotatable bonds is 6. The molecule has 0 bridgehead atoms. The van der Waals surface area contributed by atoms with Gasteiger partial charge in [0.25, 0.3) is 0 Å². The largest absolute Gasteiger partial charge is 0.496 e. The second-order valence-corrected chi connectivity index (χ2v) is 11.1. The highest BCUT2D eigenvalue weighted by atomic mass is 35.5. The molecule has 8 nitrogen and oxygen atoms in total. The van der Waals surface area contributed by atoms with E-state index in [-0.39, 0.29) is 0 Å². The van der Waals surface area contributed by atoms with Crippen molar-refractivity contribution in [3.63, 3.8) is 0 Å². The number of hydrogen-bond acceptors (Lipinski definition) is 8. The second kappa shape index (κ2) is 11.6. The fraction of sp³-hybridized carbons (Fsp3) is 0.281. The van der Waals surface area contributed by atoms with Gasteiger partial charge < -0.3 is 20.5 Å². The average Bonchev–Trinajstić information content (AvgIpc) is 3.13. The summed E-state index contributed by atoms with van der Waals surface area (Å²) in [5.74, 6) is 1.22. The summed E-state index contributed by atoms with van der Waals surface area (Å²) < 4.78 is 5.64. The number of aromatic nitrogens is 2. The highest BCUT2D eigenvalue weighted by Crippen LogP contribution is 2.35. The van der Waals surface area contributed by atoms with E-state index in [1.807, 2.05) is 72.9 Å². The van der Waals surface area contributed by atoms with Gasteiger partial charge in [0.05, 0.1) is 25.1 Å². The predicted molar refractivity (Wildman–Crippen MR) is 163 cm³/mol. The molecular formula is C32H33ClN6O2. The highest BCUT2D eigenvalue weighted by Gasteiger charge is 2.27. The molecular weight excluding hydrogens is 536 g/mol. The van der Waals surface area contributed by atoms with Crippen LogP contribution in [0.15, 0.2) is 77.9 Å². The third-order valence-electron chi connectivity index (χ3n) is 7.52. The lowest BCUT2D eigenvalue weighted by Crippen LogP contribution is -2.54. The normalized spacial score (nSPS) is 19.4. The summed E-state index contributed by atoms with van der Waals surface area (Å²) in [7, 11) is 1.66. The van der Waals surface area contributed by atoms with Gasteiger partial charge in [-0.1, -0.05) is 41.9 Å². The molecule has 1 fully saturated rings. The molecule has 1 aromatic heterocycles. The van der Waals surface area contributed by atoms with Crippen molar-refractivity contribution in [2.75, 3.05) is 25.5 Å². The molecule has 210 valence electrons. The lowest BCUT2D eigenvalue weighted by atomic mass is 9.95. The van der Waals surface area contributed by atoms with Crippen molar-refractivity contribution in [1.29, 1.82) is 0 Å². The minimum absolute atomic E-state index is 0.331. The number of hydrogen-bond donors (Lipinski definition) is 3. The molecule has 2 aliphatic heterocycles. The van der Waals surface area contributed by atoms with Gasteiger partial charge in [0.2, 0.25) is 5.95 Å². The Balaban J connectivity index is 1.27. The molecule has 3 N–H and O–H groups in total. The van der Waals surface area contributed by atoms with Gasteiger partial charge in [-0.3, -0.25) is 9.89 Å². The van der Waals surface area contributed by atoms with Crippen LogP contribution in [0.5, 0.6) is 5.75 Å². The Labute approximate surface area is 245 Å². The van der Waals surface area contributed by atoms with Crippen LogP contribution in [0, 0.1) is 0 Å². The monoisotopic (exact) mass is 568 g/mol. The molecule has 41 heavy (non-hydrogen) atoms. The fourth-order valence-electron chi connectivity index (χ4n) is 5.70. The number of ether oxygens (including phenoxy) is 1. The molecule has 3 atom stereocenters. The Morgan fingerprint density at radius 1 is 1.00 bits per heavy atom. The molecule has 4 aromatic rings. The third kappa shape index (κ3) is 5.69. The molecule has 0 saturated carbocycles. The summed E-state index contributed by atoms with van der Waals surface area (Å²) >= 11 is 6.47. The van der Waals surface area contributed by atoms with Crippen LogP contribution < -0.4 is 15.4 Å². The summed E-state index contributed by atoms with van der Waals surface area (Å²) in [6, 6.07) is 22.1. The molecule has 0 amide bonds. The van der Waals surface area contributed by atoms with E-state index >= 15 is 0 Å². The van der Waals surface area contributed by atoms with Crippen molar-refractivity contribution >= 4 is 28.9 Å². The van der Waals surface area contributed by atoms with Gasteiger partial charge in [-0.2, -0.15) is 0 Å². The maximum absolute atomic E-state index is 11.0. The molecule has 3 aromatic carbocycles. The van der Waals surface area contributed by atoms with E-state index in [1.54, 1.807) is 7.11 Å². The molecule has 3 unspecified atom stereocenters. The summed E-state index contributed by atoms with van der Waals surface area (Å²) in [6.45, 7) is 6.29. The highest BCUT2D eigenvalue weighted by molar-refractivity contribution is 6.31. The first-order valence-electron chi connectivity index (χ1n) is 13.8. The maximum Gasteiger partial charge on any atom is 0.227 e. The summed E-state index contributed by atoms with van der Waals surface area (Å²) in [5.41, 5.74) is 6.92. The van der Waals surface area contributed by atoms with E-state index in [2.05, 4.69) is 34.4 Å². The maximum atomic E-state index is 11.0. The number of para-hydroxylation sites is 1. The van der Waals surface area contributed by atoms with Gasteiger partial charge in [0, 0.05) is 64.3 Å². The topological polar surface area (TPSA) is 94.9 Å². The Kier molecular flexibility index (Phi) is 7.73. The molecule has 3 heterocycles. The minimum Gasteiger partial charge on any atom is -0.496 e. The zero-order valence-corrected chi connectivity index (χ0v) is 24.1. The van der Waals surface area contributed by atoms with E-state index in [4.69, 9.17) is 26.3 Å². The van der Waals surface area contributed by atoms with Crippen LogP contribution in [0.25, 0.3) is 11.3 Å². The number of aliphatic hydroxyl groups is 1. The second-order valence-electron chi connectivity index (χ2n) is 10.7. The van der Waals surface area contributed by atoms with Crippen LogP contribution in [-0.4, -0.2) is 58.0 Å². The number of aliphatic imine (C=N–C) groups is 1. The van der Waals surface area contributed by atoms with Crippen molar-refractivity contribution in [1.82, 2.24) is 20.2 Å². The standard InChI is InChI=1S/C32H33ClN6O2/c1-19-17-39(18-20(2)36-19)31(40)21-8-11-24(12-9-21)37-32-35-16-22-15-34-30(26-6-4-5-7-28(26)41-3)27-14-23(33)10-13-25(27)29(22)38-32/h4-14,16,19-20,31,36,40H,15,17-18H2,1-3H3,(H,35,37,38). The number of aliphatic hydroxyl groups excluding tert-OH is 1. The molecule has 2 aliphatic rings. The average molecular weight is 569 g/mol. The van der Waals surface area contributed by atoms with Gasteiger partial charge in [0.15, 0.2) is 0 Å². The van der Waals surface area contributed by atoms with Gasteiger partial charge in [-0.25, -0.2) is 9.97 Å². The molecule has 0 radical (unpaired) electrons. The Morgan fingerprint density at radius 3 is 2.51 bits per heavy atom. The van der Waals surface area contributed by atoms with E-state index in [0.717, 1.165) is 63.7 Å². The lowest BCUT2D eigenvalue weighted by molar-refractivity contribution is -0.0231. The quantitative estimate of drug-likeness (QED) is 0.280. The lowest BCUT2D eigenvalue weighted by Gasteiger charge is -2.38. The van der Waals surface area contributed by atoms with Crippen molar-refractivity contribution in [3.8, 4) is 17.0 Å². The van der Waals surface area contributed by atoms with Crippen LogP contribution in [0.1, 0.15) is 42.3 Å². The predicted octanol–water partition coefficient (Wildman–Crippen LogP) is 5.57. The van der Waals surface area contributed by atoms with E-state index in [9.17, 15) is 5.11 Å². The number of methoxy groups -OCH3 is 1. The SMILES string of the molecule is COc1ccccc1C1=NCc2cnc(Nc3ccc(C(O)N4CC(C)NC(C)C4)cc3)nc2-c2ccc(Cl)cc21. The van der Waals surface area contributed by atoms with E-state index in [0.29, 0.717) is 29.6 Å². The fourth-order valence-corrected chi connectivity index (χ4v) is 5.87. The molecule has 0 spiro atoms. The van der Waals surface area contributed by atoms with Gasteiger partial charge in [-0.05, 0) is 55.8 Å². The minimum atomic E-state index is -0.652. The van der Waals surface area contributed by atoms with E-state index < -0.39 is 6.23 Å². The van der Waals surface area contributed by atoms with Crippen LogP contribution in [0.3, 0.4) is 0 Å². The first-order valence-corrected chi connectivity index (χ1v) is 14.2. The molecule has 9 heteroatoms. The summed E-state index contributed by atoms with van der Waals surface area (Å²) in [4.78, 5) is 16.6. The summed E-state index contributed by atoms with van der Waals surface area (Å²) in [5, 5.41) is 18.4. The van der Waals surface area contributed by atoms with Crippen molar-refractivity contribution in [2.24, 2.45) is 4.99 Å². The Bertz CT molecular complexity index is 1580. The molecule has 1 saturated heterocycles. The first kappa shape index (κ1) is 27.4. The zero-order valence-electron chi connectivity index (χ0n) is 23.3. The van der Waals surface area contributed by atoms with E-state index in [1.165, 1.54) is 0 Å². The van der Waals surface area contributed by atoms with Gasteiger partial charge >= 0.3 is 0 Å². The van der Waals surface area contributed by atoms with Gasteiger partial charge in [0.1, 0.15) is 12.0 Å². The zero-order chi connectivity index (χ0) is 28.5. The first-order chi connectivity index (χ1) is 19.9. The van der Waals surface area contributed by atoms with Crippen molar-refractivity contribution in [3.05, 3.63) is 100 Å². The number of fused-ring (bicyclic) bond motifs is 3. The smallest absolute Gasteiger partial charge is 0.227 e. The van der Waals surface area contributed by atoms with Crippen molar-refractivity contribution in [2.45, 2.75) is 38.7 Å². The van der Waals surface area contributed by atoms with Gasteiger partial charge in [-0.15, -0.1) is 0 Å². The number of halogens is 1. The number of benzene rings is 3. The Morgan fingerprint density at radius 2 is 1.76 bits per heavy atom. The van der Waals surface area contributed by atoms with Crippen LogP contribution in [0.4, 0.5) is 11.6 Å². The molecule has 0 aliphatic carbocycles. The Hall–Kier alpha value is -3.82. The van der Waals surface area contributed by atoms with Crippen LogP contribution >= 0.6 is 11.6 Å². The number of nitrogens with one attached hydrogen (secondary N) is 2. The van der Waals surface area contributed by atoms with Crippen LogP contribution in [-0.2, 0) is 6.54 Å². The summed E-state index contributed by atoms with van der Waals surface area (Å²) in [6.07, 6.45) is 1.17.